The van der Waals surface area contributed by atoms with E-state index in [9.17, 15) is 32.8 Å². The van der Waals surface area contributed by atoms with Crippen molar-refractivity contribution in [3.8, 4) is 33.9 Å². The summed E-state index contributed by atoms with van der Waals surface area (Å²) in [5.74, 6) is -0.358. The van der Waals surface area contributed by atoms with Crippen LogP contribution in [0.15, 0.2) is 52.9 Å². The molecule has 1 aliphatic carbocycles. The first kappa shape index (κ1) is 24.4. The number of furan rings is 1. The number of nitro benzene ring substituents is 1. The van der Waals surface area contributed by atoms with Gasteiger partial charge in [-0.3, -0.25) is 10.1 Å². The lowest BCUT2D eigenvalue weighted by Gasteiger charge is -2.11. The molecule has 37 heavy (non-hydrogen) atoms. The SMILES string of the molecule is COc1cc(-c2oc(NC3CC3)c(-c3cccc(C(F)(F)F)c3)c2O)c2cc(CF)cc([N+](=O)[O-])c2c1. The van der Waals surface area contributed by atoms with Crippen LogP contribution in [-0.2, 0) is 12.9 Å². The monoisotopic (exact) mass is 516 g/mol. The summed E-state index contributed by atoms with van der Waals surface area (Å²) in [7, 11) is 1.35. The van der Waals surface area contributed by atoms with Gasteiger partial charge in [0, 0.05) is 23.1 Å². The number of rotatable bonds is 7. The molecule has 5 rings (SSSR count). The van der Waals surface area contributed by atoms with Gasteiger partial charge in [-0.2, -0.15) is 13.2 Å². The zero-order chi connectivity index (χ0) is 26.5. The van der Waals surface area contributed by atoms with Crippen molar-refractivity contribution in [2.75, 3.05) is 12.4 Å². The number of non-ortho nitro benzene ring substituents is 1. The van der Waals surface area contributed by atoms with Crippen molar-refractivity contribution in [2.45, 2.75) is 31.7 Å². The fraction of sp³-hybridized carbons (Fsp3) is 0.231. The van der Waals surface area contributed by atoms with Gasteiger partial charge in [-0.25, -0.2) is 4.39 Å². The fourth-order valence-electron chi connectivity index (χ4n) is 4.25. The molecule has 192 valence electrons. The second-order valence-electron chi connectivity index (χ2n) is 8.76. The van der Waals surface area contributed by atoms with Crippen LogP contribution < -0.4 is 10.1 Å². The molecule has 0 atom stereocenters. The number of halogens is 4. The first-order valence-electron chi connectivity index (χ1n) is 11.3. The van der Waals surface area contributed by atoms with Crippen molar-refractivity contribution in [3.05, 3.63) is 69.8 Å². The molecule has 0 amide bonds. The largest absolute Gasteiger partial charge is 0.504 e. The van der Waals surface area contributed by atoms with Gasteiger partial charge in [0.2, 0.25) is 5.88 Å². The van der Waals surface area contributed by atoms with Crippen LogP contribution in [0.5, 0.6) is 11.5 Å². The minimum Gasteiger partial charge on any atom is -0.504 e. The summed E-state index contributed by atoms with van der Waals surface area (Å²) in [6.45, 7) is -0.976. The van der Waals surface area contributed by atoms with Crippen LogP contribution in [0.1, 0.15) is 24.0 Å². The lowest BCUT2D eigenvalue weighted by atomic mass is 9.97. The lowest BCUT2D eigenvalue weighted by molar-refractivity contribution is -0.383. The van der Waals surface area contributed by atoms with Gasteiger partial charge in [0.1, 0.15) is 12.4 Å². The lowest BCUT2D eigenvalue weighted by Crippen LogP contribution is -2.05. The van der Waals surface area contributed by atoms with E-state index in [4.69, 9.17) is 9.15 Å². The minimum atomic E-state index is -4.60. The molecule has 0 aliphatic heterocycles. The van der Waals surface area contributed by atoms with Crippen molar-refractivity contribution < 1.29 is 36.7 Å². The normalized spacial score (nSPS) is 13.6. The van der Waals surface area contributed by atoms with Crippen molar-refractivity contribution in [3.63, 3.8) is 0 Å². The number of fused-ring (bicyclic) bond motifs is 1. The third-order valence-electron chi connectivity index (χ3n) is 6.19. The first-order chi connectivity index (χ1) is 17.6. The second kappa shape index (κ2) is 8.99. The highest BCUT2D eigenvalue weighted by Crippen LogP contribution is 2.50. The zero-order valence-electron chi connectivity index (χ0n) is 19.4. The van der Waals surface area contributed by atoms with E-state index in [0.717, 1.165) is 31.0 Å². The number of hydrogen-bond donors (Lipinski definition) is 2. The Hall–Kier alpha value is -4.28. The standard InChI is InChI=1S/C26H20F4N2O5/c1-36-17-10-19-18(7-13(12-27)8-21(19)32(34)35)20(11-17)24-23(33)22(25(37-24)31-16-5-6-16)14-3-2-4-15(9-14)26(28,29)30/h2-4,7-11,16,31,33H,5-6,12H2,1H3. The average Bonchev–Trinajstić information content (AvgIpc) is 3.63. The Morgan fingerprint density at radius 1 is 1.16 bits per heavy atom. The van der Waals surface area contributed by atoms with Gasteiger partial charge in [0.25, 0.3) is 5.69 Å². The van der Waals surface area contributed by atoms with E-state index in [2.05, 4.69) is 5.32 Å². The van der Waals surface area contributed by atoms with E-state index in [1.54, 1.807) is 0 Å². The number of nitrogens with zero attached hydrogens (tertiary/aromatic N) is 1. The quantitative estimate of drug-likeness (QED) is 0.150. The highest BCUT2D eigenvalue weighted by atomic mass is 19.4. The number of hydrogen-bond acceptors (Lipinski definition) is 6. The molecule has 3 aromatic carbocycles. The summed E-state index contributed by atoms with van der Waals surface area (Å²) in [5.41, 5.74) is -1.01. The molecule has 0 bridgehead atoms. The molecule has 1 aliphatic rings. The van der Waals surface area contributed by atoms with Gasteiger partial charge in [-0.05, 0) is 54.3 Å². The van der Waals surface area contributed by atoms with Crippen LogP contribution in [0.3, 0.4) is 0 Å². The van der Waals surface area contributed by atoms with E-state index in [1.807, 2.05) is 0 Å². The molecule has 11 heteroatoms. The van der Waals surface area contributed by atoms with Crippen molar-refractivity contribution in [2.24, 2.45) is 0 Å². The third-order valence-corrected chi connectivity index (χ3v) is 6.19. The second-order valence-corrected chi connectivity index (χ2v) is 8.76. The van der Waals surface area contributed by atoms with E-state index < -0.39 is 29.1 Å². The molecule has 0 saturated heterocycles. The smallest absolute Gasteiger partial charge is 0.416 e. The Kier molecular flexibility index (Phi) is 5.93. The number of anilines is 1. The van der Waals surface area contributed by atoms with Crippen LogP contribution in [0, 0.1) is 10.1 Å². The van der Waals surface area contributed by atoms with E-state index in [-0.39, 0.29) is 62.1 Å². The zero-order valence-corrected chi connectivity index (χ0v) is 19.4. The highest BCUT2D eigenvalue weighted by Gasteiger charge is 2.33. The Bertz CT molecular complexity index is 1530. The number of alkyl halides is 4. The first-order valence-corrected chi connectivity index (χ1v) is 11.3. The van der Waals surface area contributed by atoms with Crippen molar-refractivity contribution in [1.29, 1.82) is 0 Å². The molecular weight excluding hydrogens is 496 g/mol. The summed E-state index contributed by atoms with van der Waals surface area (Å²) in [5, 5.41) is 26.5. The Balaban J connectivity index is 1.79. The van der Waals surface area contributed by atoms with Gasteiger partial charge in [0.05, 0.1) is 28.5 Å². The van der Waals surface area contributed by atoms with Gasteiger partial charge in [-0.15, -0.1) is 0 Å². The van der Waals surface area contributed by atoms with Crippen LogP contribution in [0.2, 0.25) is 0 Å². The summed E-state index contributed by atoms with van der Waals surface area (Å²) < 4.78 is 65.1. The molecule has 1 fully saturated rings. The third kappa shape index (κ3) is 4.52. The number of aromatic hydroxyl groups is 1. The summed E-state index contributed by atoms with van der Waals surface area (Å²) >= 11 is 0. The molecule has 1 heterocycles. The van der Waals surface area contributed by atoms with Gasteiger partial charge >= 0.3 is 6.18 Å². The van der Waals surface area contributed by atoms with Crippen LogP contribution >= 0.6 is 0 Å². The molecule has 7 nitrogen and oxygen atoms in total. The summed E-state index contributed by atoms with van der Waals surface area (Å²) in [4.78, 5) is 11.1. The number of benzene rings is 3. The van der Waals surface area contributed by atoms with Crippen LogP contribution in [0.4, 0.5) is 29.1 Å². The molecule has 0 radical (unpaired) electrons. The van der Waals surface area contributed by atoms with E-state index >= 15 is 0 Å². The fourth-order valence-corrected chi connectivity index (χ4v) is 4.25. The number of ether oxygens (including phenoxy) is 1. The molecule has 0 unspecified atom stereocenters. The molecule has 2 N–H and O–H groups in total. The van der Waals surface area contributed by atoms with E-state index in [0.29, 0.717) is 0 Å². The number of nitro groups is 1. The maximum absolute atomic E-state index is 13.6. The molecule has 1 aromatic heterocycles. The van der Waals surface area contributed by atoms with Gasteiger partial charge < -0.3 is 19.6 Å². The molecule has 4 aromatic rings. The molecule has 1 saturated carbocycles. The number of methoxy groups -OCH3 is 1. The Morgan fingerprint density at radius 2 is 1.92 bits per heavy atom. The maximum atomic E-state index is 13.6. The van der Waals surface area contributed by atoms with Crippen molar-refractivity contribution >= 4 is 22.3 Å². The summed E-state index contributed by atoms with van der Waals surface area (Å²) in [6.07, 6.45) is -2.98. The number of nitrogens with one attached hydrogen (secondary N) is 1. The van der Waals surface area contributed by atoms with Gasteiger partial charge in [-0.1, -0.05) is 12.1 Å². The maximum Gasteiger partial charge on any atom is 0.416 e. The highest BCUT2D eigenvalue weighted by molar-refractivity contribution is 6.04. The van der Waals surface area contributed by atoms with Gasteiger partial charge in [0.15, 0.2) is 11.5 Å². The predicted molar refractivity (Wildman–Crippen MR) is 128 cm³/mol. The molecule has 0 spiro atoms. The van der Waals surface area contributed by atoms with Crippen LogP contribution in [0.25, 0.3) is 33.2 Å². The van der Waals surface area contributed by atoms with E-state index in [1.165, 1.54) is 37.4 Å². The Morgan fingerprint density at radius 3 is 2.54 bits per heavy atom. The Labute approximate surface area is 207 Å². The predicted octanol–water partition coefficient (Wildman–Crippen LogP) is 7.45. The minimum absolute atomic E-state index is 0.0140. The molecular formula is C26H20F4N2O5. The average molecular weight is 516 g/mol. The van der Waals surface area contributed by atoms with Crippen LogP contribution in [-0.4, -0.2) is 23.2 Å². The van der Waals surface area contributed by atoms with Crippen molar-refractivity contribution in [1.82, 2.24) is 0 Å². The topological polar surface area (TPSA) is 97.8 Å². The summed E-state index contributed by atoms with van der Waals surface area (Å²) in [6, 6.07) is 9.87.